The van der Waals surface area contributed by atoms with Crippen molar-refractivity contribution in [3.63, 3.8) is 0 Å². The molecule has 136 valence electrons. The van der Waals surface area contributed by atoms with E-state index in [1.165, 1.54) is 0 Å². The van der Waals surface area contributed by atoms with Crippen LogP contribution < -0.4 is 10.6 Å². The summed E-state index contributed by atoms with van der Waals surface area (Å²) in [6, 6.07) is 10.3. The van der Waals surface area contributed by atoms with Gasteiger partial charge in [-0.05, 0) is 61.6 Å². The molecule has 2 aliphatic rings. The molecule has 0 spiro atoms. The third kappa shape index (κ3) is 3.37. The highest BCUT2D eigenvalue weighted by atomic mass is 19.1. The topological polar surface area (TPSA) is 70.6 Å². The van der Waals surface area contributed by atoms with Crippen LogP contribution in [0.5, 0.6) is 0 Å². The molecule has 4 rings (SSSR count). The van der Waals surface area contributed by atoms with Crippen molar-refractivity contribution in [2.24, 2.45) is 0 Å². The van der Waals surface area contributed by atoms with Gasteiger partial charge in [0.15, 0.2) is 0 Å². The summed E-state index contributed by atoms with van der Waals surface area (Å²) in [5, 5.41) is 15.8. The van der Waals surface area contributed by atoms with Crippen molar-refractivity contribution in [3.8, 4) is 0 Å². The van der Waals surface area contributed by atoms with E-state index in [-0.39, 0.29) is 17.0 Å². The molecule has 2 aromatic rings. The second kappa shape index (κ2) is 6.29. The van der Waals surface area contributed by atoms with Crippen molar-refractivity contribution in [2.75, 3.05) is 23.8 Å². The zero-order valence-electron chi connectivity index (χ0n) is 14.5. The number of hydrogen-bond donors (Lipinski definition) is 3. The standard InChI is InChI=1S/C20H21FN2O3/c1-20(10-26-11-20)23-15-4-2-3-14(9-15)22-18-16(12-5-6-12)7-13(19(24)25)8-17(18)21/h2-4,7-9,12,22-23H,5-6,10-11H2,1H3,(H,24,25). The highest BCUT2D eigenvalue weighted by molar-refractivity contribution is 5.89. The van der Waals surface area contributed by atoms with Gasteiger partial charge < -0.3 is 20.5 Å². The van der Waals surface area contributed by atoms with Gasteiger partial charge in [-0.2, -0.15) is 0 Å². The molecule has 2 aromatic carbocycles. The molecule has 0 unspecified atom stereocenters. The van der Waals surface area contributed by atoms with Crippen LogP contribution >= 0.6 is 0 Å². The first-order valence-corrected chi connectivity index (χ1v) is 8.73. The van der Waals surface area contributed by atoms with Crippen molar-refractivity contribution in [1.82, 2.24) is 0 Å². The van der Waals surface area contributed by atoms with Gasteiger partial charge >= 0.3 is 5.97 Å². The fourth-order valence-corrected chi connectivity index (χ4v) is 3.25. The molecule has 1 aliphatic carbocycles. The lowest BCUT2D eigenvalue weighted by atomic mass is 10.00. The predicted octanol–water partition coefficient (Wildman–Crippen LogP) is 4.35. The number of hydrogen-bond acceptors (Lipinski definition) is 4. The van der Waals surface area contributed by atoms with Gasteiger partial charge in [-0.3, -0.25) is 0 Å². The molecule has 0 bridgehead atoms. The number of carbonyl (C=O) groups is 1. The summed E-state index contributed by atoms with van der Waals surface area (Å²) in [6.07, 6.45) is 1.91. The first-order chi connectivity index (χ1) is 12.4. The fourth-order valence-electron chi connectivity index (χ4n) is 3.25. The second-order valence-electron chi connectivity index (χ2n) is 7.39. The van der Waals surface area contributed by atoms with Crippen LogP contribution in [0.2, 0.25) is 0 Å². The Morgan fingerprint density at radius 1 is 1.23 bits per heavy atom. The Bertz CT molecular complexity index is 860. The third-order valence-corrected chi connectivity index (χ3v) is 4.80. The lowest BCUT2D eigenvalue weighted by molar-refractivity contribution is -0.0318. The van der Waals surface area contributed by atoms with Crippen LogP contribution in [0.25, 0.3) is 0 Å². The van der Waals surface area contributed by atoms with Gasteiger partial charge in [-0.25, -0.2) is 9.18 Å². The van der Waals surface area contributed by atoms with Gasteiger partial charge in [-0.15, -0.1) is 0 Å². The van der Waals surface area contributed by atoms with Crippen molar-refractivity contribution >= 4 is 23.0 Å². The number of nitrogens with one attached hydrogen (secondary N) is 2. The van der Waals surface area contributed by atoms with E-state index in [0.29, 0.717) is 18.9 Å². The zero-order chi connectivity index (χ0) is 18.3. The van der Waals surface area contributed by atoms with Gasteiger partial charge in [0.2, 0.25) is 0 Å². The molecule has 26 heavy (non-hydrogen) atoms. The van der Waals surface area contributed by atoms with Crippen LogP contribution in [0.1, 0.15) is 41.6 Å². The molecule has 5 nitrogen and oxygen atoms in total. The normalized spacial score (nSPS) is 18.1. The molecule has 0 atom stereocenters. The van der Waals surface area contributed by atoms with E-state index in [2.05, 4.69) is 17.6 Å². The molecule has 1 heterocycles. The van der Waals surface area contributed by atoms with Crippen LogP contribution in [0.15, 0.2) is 36.4 Å². The maximum atomic E-state index is 14.6. The van der Waals surface area contributed by atoms with Crippen LogP contribution in [0, 0.1) is 5.82 Å². The minimum absolute atomic E-state index is 0.0109. The molecule has 1 aliphatic heterocycles. The number of ether oxygens (including phenoxy) is 1. The summed E-state index contributed by atoms with van der Waals surface area (Å²) < 4.78 is 19.9. The van der Waals surface area contributed by atoms with Gasteiger partial charge in [0.1, 0.15) is 5.82 Å². The first kappa shape index (κ1) is 16.8. The minimum Gasteiger partial charge on any atom is -0.478 e. The average molecular weight is 356 g/mol. The second-order valence-corrected chi connectivity index (χ2v) is 7.39. The average Bonchev–Trinajstić information content (AvgIpc) is 3.40. The number of rotatable bonds is 6. The maximum absolute atomic E-state index is 14.6. The molecule has 3 N–H and O–H groups in total. The lowest BCUT2D eigenvalue weighted by Gasteiger charge is -2.39. The molecule has 0 amide bonds. The van der Waals surface area contributed by atoms with Crippen molar-refractivity contribution < 1.29 is 19.0 Å². The number of carboxylic acids is 1. The molecular weight excluding hydrogens is 335 g/mol. The number of aromatic carboxylic acids is 1. The number of benzene rings is 2. The van der Waals surface area contributed by atoms with Crippen LogP contribution in [0.4, 0.5) is 21.5 Å². The van der Waals surface area contributed by atoms with Crippen molar-refractivity contribution in [1.29, 1.82) is 0 Å². The predicted molar refractivity (Wildman–Crippen MR) is 97.9 cm³/mol. The largest absolute Gasteiger partial charge is 0.478 e. The van der Waals surface area contributed by atoms with E-state index in [9.17, 15) is 14.3 Å². The molecule has 0 radical (unpaired) electrons. The molecule has 2 fully saturated rings. The molecule has 0 aromatic heterocycles. The summed E-state index contributed by atoms with van der Waals surface area (Å²) in [4.78, 5) is 11.2. The van der Waals surface area contributed by atoms with Gasteiger partial charge in [0.05, 0.1) is 30.0 Å². The monoisotopic (exact) mass is 356 g/mol. The maximum Gasteiger partial charge on any atom is 0.335 e. The van der Waals surface area contributed by atoms with Crippen molar-refractivity contribution in [2.45, 2.75) is 31.2 Å². The summed E-state index contributed by atoms with van der Waals surface area (Å²) in [5.74, 6) is -1.43. The summed E-state index contributed by atoms with van der Waals surface area (Å²) in [5.41, 5.74) is 2.70. The van der Waals surface area contributed by atoms with Gasteiger partial charge in [0, 0.05) is 11.4 Å². The number of carboxylic acid groups (broad SMARTS) is 1. The Morgan fingerprint density at radius 3 is 2.58 bits per heavy atom. The zero-order valence-corrected chi connectivity index (χ0v) is 14.5. The molecule has 6 heteroatoms. The van der Waals surface area contributed by atoms with E-state index in [4.69, 9.17) is 4.74 Å². The minimum atomic E-state index is -1.11. The smallest absolute Gasteiger partial charge is 0.335 e. The number of anilines is 3. The first-order valence-electron chi connectivity index (χ1n) is 8.73. The Labute approximate surface area is 151 Å². The third-order valence-electron chi connectivity index (χ3n) is 4.80. The highest BCUT2D eigenvalue weighted by Gasteiger charge is 2.33. The molecular formula is C20H21FN2O3. The highest BCUT2D eigenvalue weighted by Crippen LogP contribution is 2.45. The Kier molecular flexibility index (Phi) is 4.07. The van der Waals surface area contributed by atoms with Crippen molar-refractivity contribution in [3.05, 3.63) is 53.3 Å². The van der Waals surface area contributed by atoms with E-state index in [1.54, 1.807) is 6.07 Å². The fraction of sp³-hybridized carbons (Fsp3) is 0.350. The quantitative estimate of drug-likeness (QED) is 0.718. The van der Waals surface area contributed by atoms with E-state index < -0.39 is 11.8 Å². The summed E-state index contributed by atoms with van der Waals surface area (Å²) in [6.45, 7) is 3.40. The SMILES string of the molecule is CC1(Nc2cccc(Nc3c(F)cc(C(=O)O)cc3C3CC3)c2)COC1. The molecule has 1 saturated carbocycles. The van der Waals surface area contributed by atoms with Crippen LogP contribution in [-0.2, 0) is 4.74 Å². The summed E-state index contributed by atoms with van der Waals surface area (Å²) >= 11 is 0. The number of halogens is 1. The Hall–Kier alpha value is -2.60. The van der Waals surface area contributed by atoms with Gasteiger partial charge in [-0.1, -0.05) is 6.07 Å². The van der Waals surface area contributed by atoms with E-state index in [0.717, 1.165) is 35.8 Å². The van der Waals surface area contributed by atoms with E-state index >= 15 is 0 Å². The van der Waals surface area contributed by atoms with E-state index in [1.807, 2.05) is 24.3 Å². The van der Waals surface area contributed by atoms with Crippen LogP contribution in [0.3, 0.4) is 0 Å². The Morgan fingerprint density at radius 2 is 1.96 bits per heavy atom. The Balaban J connectivity index is 1.62. The van der Waals surface area contributed by atoms with Gasteiger partial charge in [0.25, 0.3) is 0 Å². The summed E-state index contributed by atoms with van der Waals surface area (Å²) in [7, 11) is 0. The van der Waals surface area contributed by atoms with Crippen LogP contribution in [-0.4, -0.2) is 29.8 Å². The molecule has 1 saturated heterocycles. The lowest BCUT2D eigenvalue weighted by Crippen LogP contribution is -2.53.